The highest BCUT2D eigenvalue weighted by atomic mass is 35.5. The van der Waals surface area contributed by atoms with Crippen LogP contribution in [-0.4, -0.2) is 43.5 Å². The molecule has 0 spiro atoms. The van der Waals surface area contributed by atoms with Crippen LogP contribution in [0.3, 0.4) is 0 Å². The molecule has 4 fully saturated rings. The molecule has 2 aliphatic heterocycles. The van der Waals surface area contributed by atoms with Gasteiger partial charge in [0.25, 0.3) is 0 Å². The van der Waals surface area contributed by atoms with Gasteiger partial charge in [0.15, 0.2) is 0 Å². The molecule has 4 rings (SSSR count). The molecule has 0 aromatic carbocycles. The van der Waals surface area contributed by atoms with Gasteiger partial charge in [-0.15, -0.1) is 18.2 Å². The van der Waals surface area contributed by atoms with Crippen molar-refractivity contribution in [2.45, 2.75) is 94.4 Å². The van der Waals surface area contributed by atoms with E-state index in [0.29, 0.717) is 41.8 Å². The second-order valence-corrected chi connectivity index (χ2v) is 10.6. The number of nitrogens with one attached hydrogen (secondary N) is 3. The zero-order valence-electron chi connectivity index (χ0n) is 18.9. The number of rotatable bonds is 4. The molecule has 0 bridgehead atoms. The van der Waals surface area contributed by atoms with E-state index in [4.69, 9.17) is 16.3 Å². The van der Waals surface area contributed by atoms with Crippen LogP contribution < -0.4 is 16.0 Å². The molecule has 4 aliphatic rings. The van der Waals surface area contributed by atoms with Crippen molar-refractivity contribution in [2.75, 3.05) is 13.8 Å². The Morgan fingerprint density at radius 3 is 2.63 bits per heavy atom. The Kier molecular flexibility index (Phi) is 7.96. The summed E-state index contributed by atoms with van der Waals surface area (Å²) in [4.78, 5) is 0. The summed E-state index contributed by atoms with van der Waals surface area (Å²) in [6, 6.07) is 1.42. The molecule has 0 amide bonds. The minimum Gasteiger partial charge on any atom is -0.365 e. The number of ether oxygens (including phenoxy) is 1. The van der Waals surface area contributed by atoms with E-state index < -0.39 is 0 Å². The highest BCUT2D eigenvalue weighted by Crippen LogP contribution is 2.48. The first-order valence-corrected chi connectivity index (χ1v) is 12.8. The lowest BCUT2D eigenvalue weighted by atomic mass is 9.65. The average molecular weight is 436 g/mol. The normalized spacial score (nSPS) is 46.8. The molecule has 5 heteroatoms. The minimum atomic E-state index is 0.0970. The Balaban J connectivity index is 1.55. The number of piperidine rings is 1. The molecule has 170 valence electrons. The topological polar surface area (TPSA) is 45.3 Å². The van der Waals surface area contributed by atoms with Crippen LogP contribution in [0.25, 0.3) is 0 Å². The third-order valence-electron chi connectivity index (χ3n) is 8.58. The Morgan fingerprint density at radius 1 is 1.07 bits per heavy atom. The van der Waals surface area contributed by atoms with Gasteiger partial charge in [-0.25, -0.2) is 0 Å². The lowest BCUT2D eigenvalue weighted by molar-refractivity contribution is -0.0171. The molecule has 0 aromatic rings. The maximum Gasteiger partial charge on any atom is 0.125 e. The number of hydrogen-bond acceptors (Lipinski definition) is 4. The smallest absolute Gasteiger partial charge is 0.125 e. The Bertz CT molecular complexity index is 605. The fourth-order valence-corrected chi connectivity index (χ4v) is 7.49. The highest BCUT2D eigenvalue weighted by Gasteiger charge is 2.45. The van der Waals surface area contributed by atoms with E-state index in [1.165, 1.54) is 51.4 Å². The second-order valence-electron chi connectivity index (χ2n) is 10.0. The summed E-state index contributed by atoms with van der Waals surface area (Å²) in [6.45, 7) is 7.13. The summed E-state index contributed by atoms with van der Waals surface area (Å²) in [5.74, 6) is 2.56. The SMILES string of the molecule is C=CC1CCC(C2C(=CC)CCCCC2C2CCC3NCNC(OC)C3N2)CC1Cl. The number of hydrogen-bond donors (Lipinski definition) is 3. The van der Waals surface area contributed by atoms with Crippen molar-refractivity contribution >= 4 is 11.6 Å². The molecule has 9 unspecified atom stereocenters. The first-order chi connectivity index (χ1) is 14.7. The van der Waals surface area contributed by atoms with Gasteiger partial charge < -0.3 is 10.1 Å². The third-order valence-corrected chi connectivity index (χ3v) is 9.08. The van der Waals surface area contributed by atoms with Gasteiger partial charge in [0, 0.05) is 31.2 Å². The molecule has 0 radical (unpaired) electrons. The van der Waals surface area contributed by atoms with E-state index >= 15 is 0 Å². The molecule has 2 aliphatic carbocycles. The summed E-state index contributed by atoms with van der Waals surface area (Å²) >= 11 is 6.85. The second kappa shape index (κ2) is 10.5. The molecular weight excluding hydrogens is 394 g/mol. The van der Waals surface area contributed by atoms with Crippen molar-refractivity contribution in [3.8, 4) is 0 Å². The maximum atomic E-state index is 6.85. The number of halogens is 1. The molecule has 3 N–H and O–H groups in total. The van der Waals surface area contributed by atoms with E-state index in [1.54, 1.807) is 5.57 Å². The molecule has 2 saturated carbocycles. The van der Waals surface area contributed by atoms with Crippen molar-refractivity contribution in [1.82, 2.24) is 16.0 Å². The number of methoxy groups -OCH3 is 1. The van der Waals surface area contributed by atoms with Crippen LogP contribution in [0.15, 0.2) is 24.3 Å². The van der Waals surface area contributed by atoms with Crippen LogP contribution in [0.5, 0.6) is 0 Å². The standard InChI is InChI=1S/C25H42ClN3O/c1-4-16-10-11-18(14-20(16)26)23-17(5-2)8-6-7-9-19(23)21-12-13-22-24(29-21)25(30-3)28-15-27-22/h4-5,16,18-25,27-29H,1,6-15H2,2-3H3. The van der Waals surface area contributed by atoms with Gasteiger partial charge in [-0.3, -0.25) is 10.6 Å². The first-order valence-electron chi connectivity index (χ1n) is 12.3. The molecule has 30 heavy (non-hydrogen) atoms. The zero-order chi connectivity index (χ0) is 21.1. The van der Waals surface area contributed by atoms with Gasteiger partial charge >= 0.3 is 0 Å². The molecule has 9 atom stereocenters. The number of allylic oxidation sites excluding steroid dienone is 3. The van der Waals surface area contributed by atoms with Crippen molar-refractivity contribution in [2.24, 2.45) is 23.7 Å². The van der Waals surface area contributed by atoms with Gasteiger partial charge in [0.1, 0.15) is 6.23 Å². The Labute approximate surface area is 188 Å². The highest BCUT2D eigenvalue weighted by molar-refractivity contribution is 6.21. The van der Waals surface area contributed by atoms with Crippen LogP contribution >= 0.6 is 11.6 Å². The van der Waals surface area contributed by atoms with Crippen molar-refractivity contribution < 1.29 is 4.74 Å². The Hall–Kier alpha value is -0.390. The number of alkyl halides is 1. The fourth-order valence-electron chi connectivity index (χ4n) is 7.03. The van der Waals surface area contributed by atoms with Crippen molar-refractivity contribution in [3.63, 3.8) is 0 Å². The summed E-state index contributed by atoms with van der Waals surface area (Å²) in [5.41, 5.74) is 1.70. The van der Waals surface area contributed by atoms with Crippen LogP contribution in [-0.2, 0) is 4.74 Å². The van der Waals surface area contributed by atoms with E-state index in [2.05, 4.69) is 41.6 Å². The van der Waals surface area contributed by atoms with E-state index in [1.807, 2.05) is 7.11 Å². The van der Waals surface area contributed by atoms with E-state index in [0.717, 1.165) is 13.1 Å². The maximum absolute atomic E-state index is 6.85. The van der Waals surface area contributed by atoms with Gasteiger partial charge in [-0.05, 0) is 82.0 Å². The molecule has 2 heterocycles. The van der Waals surface area contributed by atoms with Gasteiger partial charge in [-0.2, -0.15) is 0 Å². The van der Waals surface area contributed by atoms with Gasteiger partial charge in [-0.1, -0.05) is 24.1 Å². The fraction of sp³-hybridized carbons (Fsp3) is 0.840. The van der Waals surface area contributed by atoms with Crippen LogP contribution in [0.2, 0.25) is 0 Å². The molecule has 2 saturated heterocycles. The molecule has 4 nitrogen and oxygen atoms in total. The third kappa shape index (κ3) is 4.68. The summed E-state index contributed by atoms with van der Waals surface area (Å²) < 4.78 is 5.79. The molecular formula is C25H42ClN3O. The zero-order valence-corrected chi connectivity index (χ0v) is 19.7. The van der Waals surface area contributed by atoms with Gasteiger partial charge in [0.05, 0.1) is 6.04 Å². The summed E-state index contributed by atoms with van der Waals surface area (Å²) in [7, 11) is 1.83. The predicted octanol–water partition coefficient (Wildman–Crippen LogP) is 4.56. The quantitative estimate of drug-likeness (QED) is 0.344. The van der Waals surface area contributed by atoms with Crippen LogP contribution in [0.1, 0.15) is 64.7 Å². The largest absolute Gasteiger partial charge is 0.365 e. The Morgan fingerprint density at radius 2 is 1.90 bits per heavy atom. The number of fused-ring (bicyclic) bond motifs is 1. The lowest BCUT2D eigenvalue weighted by Gasteiger charge is -2.49. The first kappa shape index (κ1) is 22.8. The summed E-state index contributed by atoms with van der Waals surface area (Å²) in [6.07, 6.45) is 16.0. The molecule has 0 aromatic heterocycles. The van der Waals surface area contributed by atoms with Gasteiger partial charge in [0.2, 0.25) is 0 Å². The minimum absolute atomic E-state index is 0.0970. The van der Waals surface area contributed by atoms with Crippen molar-refractivity contribution in [1.29, 1.82) is 0 Å². The predicted molar refractivity (Wildman–Crippen MR) is 126 cm³/mol. The van der Waals surface area contributed by atoms with E-state index in [9.17, 15) is 0 Å². The monoisotopic (exact) mass is 435 g/mol. The van der Waals surface area contributed by atoms with E-state index in [-0.39, 0.29) is 11.6 Å². The summed E-state index contributed by atoms with van der Waals surface area (Å²) in [5, 5.41) is 11.4. The van der Waals surface area contributed by atoms with Crippen LogP contribution in [0.4, 0.5) is 0 Å². The van der Waals surface area contributed by atoms with Crippen LogP contribution in [0, 0.1) is 23.7 Å². The average Bonchev–Trinajstić information content (AvgIpc) is 3.00. The van der Waals surface area contributed by atoms with Crippen molar-refractivity contribution in [3.05, 3.63) is 24.3 Å². The lowest BCUT2D eigenvalue weighted by Crippen LogP contribution is -2.70.